The number of nitrogens with zero attached hydrogens (tertiary/aromatic N) is 2. The molecule has 0 saturated heterocycles. The van der Waals surface area contributed by atoms with Crippen LogP contribution in [0.2, 0.25) is 5.02 Å². The Labute approximate surface area is 201 Å². The molecule has 1 fully saturated rings. The third-order valence-electron chi connectivity index (χ3n) is 6.29. The average molecular weight is 478 g/mol. The van der Waals surface area contributed by atoms with Crippen LogP contribution >= 0.6 is 11.6 Å². The molecule has 2 aromatic heterocycles. The maximum absolute atomic E-state index is 11.1. The Balaban J connectivity index is 1.34. The number of nitrogens with one attached hydrogen (secondary N) is 1. The van der Waals surface area contributed by atoms with E-state index in [1.165, 1.54) is 0 Å². The number of fused-ring (bicyclic) bond motifs is 1. The van der Waals surface area contributed by atoms with E-state index in [-0.39, 0.29) is 12.0 Å². The van der Waals surface area contributed by atoms with Gasteiger partial charge in [0.15, 0.2) is 5.65 Å². The lowest BCUT2D eigenvalue weighted by atomic mass is 9.87. The molecule has 7 nitrogen and oxygen atoms in total. The summed E-state index contributed by atoms with van der Waals surface area (Å²) in [7, 11) is 1.65. The standard InChI is InChI=1S/C26H24ClN3O4/c1-33-19-10-6-16(7-11-19)15-2-4-17(5-3-15)23-21(27)14-22-24(29-23)30-26(28-22)34-20-12-8-18(9-13-20)25(31)32/h2-7,10-11,14,18,20H,8-9,12-13H2,1H3,(H,31,32)(H,28,29,30). The first-order chi connectivity index (χ1) is 16.5. The molecule has 0 radical (unpaired) electrons. The monoisotopic (exact) mass is 477 g/mol. The summed E-state index contributed by atoms with van der Waals surface area (Å²) >= 11 is 6.55. The van der Waals surface area contributed by atoms with Crippen LogP contribution in [0, 0.1) is 5.92 Å². The Morgan fingerprint density at radius 2 is 1.59 bits per heavy atom. The number of aromatic amines is 1. The number of rotatable bonds is 6. The molecule has 0 amide bonds. The summed E-state index contributed by atoms with van der Waals surface area (Å²) < 4.78 is 11.2. The number of halogens is 1. The highest BCUT2D eigenvalue weighted by Crippen LogP contribution is 2.32. The van der Waals surface area contributed by atoms with E-state index in [0.29, 0.717) is 53.6 Å². The zero-order valence-electron chi connectivity index (χ0n) is 18.6. The van der Waals surface area contributed by atoms with E-state index in [0.717, 1.165) is 22.4 Å². The van der Waals surface area contributed by atoms with Crippen LogP contribution in [0.5, 0.6) is 11.8 Å². The van der Waals surface area contributed by atoms with Gasteiger partial charge in [0.1, 0.15) is 11.9 Å². The normalized spacial score (nSPS) is 18.1. The van der Waals surface area contributed by atoms with Crippen molar-refractivity contribution >= 4 is 28.7 Å². The number of hydrogen-bond donors (Lipinski definition) is 2. The van der Waals surface area contributed by atoms with Gasteiger partial charge in [0.25, 0.3) is 6.01 Å². The van der Waals surface area contributed by atoms with Crippen molar-refractivity contribution in [1.82, 2.24) is 15.0 Å². The SMILES string of the molecule is COc1ccc(-c2ccc(-c3nc4nc(OC5CCC(C(=O)O)CC5)[nH]c4cc3Cl)cc2)cc1. The van der Waals surface area contributed by atoms with Gasteiger partial charge >= 0.3 is 5.97 Å². The van der Waals surface area contributed by atoms with Crippen molar-refractivity contribution in [1.29, 1.82) is 0 Å². The smallest absolute Gasteiger partial charge is 0.306 e. The van der Waals surface area contributed by atoms with Gasteiger partial charge < -0.3 is 19.6 Å². The number of aromatic nitrogens is 3. The molecule has 4 aromatic rings. The van der Waals surface area contributed by atoms with Crippen LogP contribution in [0.3, 0.4) is 0 Å². The molecule has 8 heteroatoms. The lowest BCUT2D eigenvalue weighted by Gasteiger charge is -2.25. The van der Waals surface area contributed by atoms with Gasteiger partial charge in [-0.15, -0.1) is 0 Å². The number of hydrogen-bond acceptors (Lipinski definition) is 5. The van der Waals surface area contributed by atoms with Crippen LogP contribution in [-0.2, 0) is 4.79 Å². The van der Waals surface area contributed by atoms with Crippen molar-refractivity contribution in [2.75, 3.05) is 7.11 Å². The van der Waals surface area contributed by atoms with Crippen molar-refractivity contribution in [3.05, 3.63) is 59.6 Å². The van der Waals surface area contributed by atoms with Gasteiger partial charge in [0.2, 0.25) is 0 Å². The zero-order chi connectivity index (χ0) is 23.7. The molecule has 0 bridgehead atoms. The largest absolute Gasteiger partial charge is 0.497 e. The Morgan fingerprint density at radius 1 is 0.971 bits per heavy atom. The quantitative estimate of drug-likeness (QED) is 0.354. The highest BCUT2D eigenvalue weighted by atomic mass is 35.5. The third-order valence-corrected chi connectivity index (χ3v) is 6.58. The number of carboxylic acids is 1. The maximum atomic E-state index is 11.1. The first kappa shape index (κ1) is 22.2. The maximum Gasteiger partial charge on any atom is 0.306 e. The predicted molar refractivity (Wildman–Crippen MR) is 130 cm³/mol. The highest BCUT2D eigenvalue weighted by molar-refractivity contribution is 6.33. The summed E-state index contributed by atoms with van der Waals surface area (Å²) in [6.45, 7) is 0. The van der Waals surface area contributed by atoms with Crippen molar-refractivity contribution in [2.24, 2.45) is 5.92 Å². The van der Waals surface area contributed by atoms with Gasteiger partial charge in [-0.05, 0) is 55.0 Å². The van der Waals surface area contributed by atoms with Crippen LogP contribution in [0.25, 0.3) is 33.5 Å². The lowest BCUT2D eigenvalue weighted by molar-refractivity contribution is -0.143. The number of ether oxygens (including phenoxy) is 2. The Bertz CT molecular complexity index is 1310. The molecule has 2 heterocycles. The molecular formula is C26H24ClN3O4. The molecule has 1 saturated carbocycles. The average Bonchev–Trinajstić information content (AvgIpc) is 3.25. The first-order valence-electron chi connectivity index (χ1n) is 11.2. The van der Waals surface area contributed by atoms with Crippen LogP contribution in [0.1, 0.15) is 25.7 Å². The predicted octanol–water partition coefficient (Wildman–Crippen LogP) is 5.98. The summed E-state index contributed by atoms with van der Waals surface area (Å²) in [5.41, 5.74) is 4.92. The molecule has 5 rings (SSSR count). The second-order valence-corrected chi connectivity index (χ2v) is 8.87. The fraction of sp³-hybridized carbons (Fsp3) is 0.269. The van der Waals surface area contributed by atoms with E-state index < -0.39 is 5.97 Å². The van der Waals surface area contributed by atoms with Gasteiger partial charge in [-0.25, -0.2) is 4.98 Å². The Hall–Kier alpha value is -3.58. The van der Waals surface area contributed by atoms with Crippen LogP contribution < -0.4 is 9.47 Å². The summed E-state index contributed by atoms with van der Waals surface area (Å²) in [6, 6.07) is 18.1. The zero-order valence-corrected chi connectivity index (χ0v) is 19.4. The van der Waals surface area contributed by atoms with Crippen LogP contribution in [0.15, 0.2) is 54.6 Å². The van der Waals surface area contributed by atoms with Gasteiger partial charge in [-0.1, -0.05) is 48.0 Å². The fourth-order valence-corrected chi connectivity index (χ4v) is 4.60. The number of pyridine rings is 1. The minimum atomic E-state index is -0.731. The highest BCUT2D eigenvalue weighted by Gasteiger charge is 2.27. The van der Waals surface area contributed by atoms with Gasteiger partial charge in [0.05, 0.1) is 29.3 Å². The van der Waals surface area contributed by atoms with E-state index in [2.05, 4.69) is 15.0 Å². The Kier molecular flexibility index (Phi) is 6.11. The number of benzene rings is 2. The van der Waals surface area contributed by atoms with E-state index in [4.69, 9.17) is 26.2 Å². The van der Waals surface area contributed by atoms with Gasteiger partial charge in [0, 0.05) is 5.56 Å². The number of H-pyrrole nitrogens is 1. The summed E-state index contributed by atoms with van der Waals surface area (Å²) in [5, 5.41) is 9.68. The van der Waals surface area contributed by atoms with Crippen LogP contribution in [-0.4, -0.2) is 39.2 Å². The minimum Gasteiger partial charge on any atom is -0.497 e. The number of carboxylic acid groups (broad SMARTS) is 1. The number of carbonyl (C=O) groups is 1. The number of methoxy groups -OCH3 is 1. The van der Waals surface area contributed by atoms with Crippen LogP contribution in [0.4, 0.5) is 0 Å². The minimum absolute atomic E-state index is 0.0587. The summed E-state index contributed by atoms with van der Waals surface area (Å²) in [5.74, 6) is -0.194. The molecule has 174 valence electrons. The third kappa shape index (κ3) is 4.56. The second kappa shape index (κ2) is 9.35. The molecule has 0 atom stereocenters. The first-order valence-corrected chi connectivity index (χ1v) is 11.6. The van der Waals surface area contributed by atoms with E-state index in [1.807, 2.05) is 48.5 Å². The van der Waals surface area contributed by atoms with Crippen molar-refractivity contribution < 1.29 is 19.4 Å². The number of imidazole rings is 1. The summed E-state index contributed by atoms with van der Waals surface area (Å²) in [6.07, 6.45) is 2.54. The fourth-order valence-electron chi connectivity index (χ4n) is 4.34. The molecule has 1 aliphatic carbocycles. The topological polar surface area (TPSA) is 97.3 Å². The molecule has 0 aliphatic heterocycles. The molecule has 2 aromatic carbocycles. The van der Waals surface area contributed by atoms with Crippen molar-refractivity contribution in [3.8, 4) is 34.1 Å². The lowest BCUT2D eigenvalue weighted by Crippen LogP contribution is -2.28. The molecular weight excluding hydrogens is 454 g/mol. The molecule has 34 heavy (non-hydrogen) atoms. The summed E-state index contributed by atoms with van der Waals surface area (Å²) in [4.78, 5) is 23.4. The van der Waals surface area contributed by atoms with E-state index in [1.54, 1.807) is 13.2 Å². The second-order valence-electron chi connectivity index (χ2n) is 8.47. The molecule has 2 N–H and O–H groups in total. The van der Waals surface area contributed by atoms with Gasteiger partial charge in [-0.3, -0.25) is 4.79 Å². The van der Waals surface area contributed by atoms with E-state index in [9.17, 15) is 4.79 Å². The van der Waals surface area contributed by atoms with Crippen molar-refractivity contribution in [3.63, 3.8) is 0 Å². The molecule has 0 unspecified atom stereocenters. The van der Waals surface area contributed by atoms with Gasteiger partial charge in [-0.2, -0.15) is 4.98 Å². The van der Waals surface area contributed by atoms with E-state index >= 15 is 0 Å². The molecule has 0 spiro atoms. The van der Waals surface area contributed by atoms with Crippen molar-refractivity contribution in [2.45, 2.75) is 31.8 Å². The number of aliphatic carboxylic acids is 1. The Morgan fingerprint density at radius 3 is 2.21 bits per heavy atom. The molecule has 1 aliphatic rings.